The van der Waals surface area contributed by atoms with Crippen LogP contribution in [0.3, 0.4) is 0 Å². The molecule has 0 bridgehead atoms. The van der Waals surface area contributed by atoms with E-state index in [2.05, 4.69) is 5.32 Å². The number of carbonyl (C=O) groups excluding carboxylic acids is 1. The van der Waals surface area contributed by atoms with Crippen molar-refractivity contribution in [3.05, 3.63) is 11.8 Å². The lowest BCUT2D eigenvalue weighted by molar-refractivity contribution is -0.136. The summed E-state index contributed by atoms with van der Waals surface area (Å²) in [6.45, 7) is 0. The van der Waals surface area contributed by atoms with E-state index in [0.29, 0.717) is 18.6 Å². The van der Waals surface area contributed by atoms with Crippen LogP contribution in [0.15, 0.2) is 11.8 Å². The largest absolute Gasteiger partial charge is 0.481 e. The van der Waals surface area contributed by atoms with Crippen molar-refractivity contribution in [2.45, 2.75) is 25.7 Å². The molecule has 0 saturated carbocycles. The highest BCUT2D eigenvalue weighted by Gasteiger charge is 2.04. The van der Waals surface area contributed by atoms with Crippen LogP contribution in [0.1, 0.15) is 25.7 Å². The van der Waals surface area contributed by atoms with E-state index >= 15 is 0 Å². The normalized spacial score (nSPS) is 11.0. The summed E-state index contributed by atoms with van der Waals surface area (Å²) >= 11 is 1.57. The first-order chi connectivity index (χ1) is 8.57. The number of rotatable bonds is 11. The van der Waals surface area contributed by atoms with Crippen LogP contribution in [0.2, 0.25) is 0 Å². The Morgan fingerprint density at radius 3 is 2.44 bits per heavy atom. The molecule has 0 rings (SSSR count). The van der Waals surface area contributed by atoms with Gasteiger partial charge in [0, 0.05) is 5.75 Å². The summed E-state index contributed by atoms with van der Waals surface area (Å²) in [5, 5.41) is 19.2. The third-order valence-electron chi connectivity index (χ3n) is 2.00. The third kappa shape index (κ3) is 9.71. The number of nitrogens with one attached hydrogen (secondary N) is 1. The number of hydrogen-bond acceptors (Lipinski definition) is 4. The molecule has 0 unspecified atom stereocenters. The quantitative estimate of drug-likeness (QED) is 0.296. The van der Waals surface area contributed by atoms with E-state index in [1.165, 1.54) is 6.08 Å². The minimum atomic E-state index is -1.15. The molecule has 0 radical (unpaired) electrons. The Bertz CT molecular complexity index is 317. The topological polar surface area (TPSA) is 104 Å². The standard InChI is InChI=1S/C11H17NO5S/c13-8-12-9(11(16)17)4-2-1-3-6-18-7-5-10(14)15/h4,8H,1-3,5-7H2,(H,12,13)(H,14,15)(H,16,17)/b9-4-. The fourth-order valence-electron chi connectivity index (χ4n) is 1.13. The van der Waals surface area contributed by atoms with Gasteiger partial charge in [-0.1, -0.05) is 6.08 Å². The number of aliphatic carboxylic acids is 2. The lowest BCUT2D eigenvalue weighted by Gasteiger charge is -2.00. The van der Waals surface area contributed by atoms with Gasteiger partial charge in [-0.25, -0.2) is 4.79 Å². The predicted molar refractivity (Wildman–Crippen MR) is 68.3 cm³/mol. The summed E-state index contributed by atoms with van der Waals surface area (Å²) < 4.78 is 0. The maximum absolute atomic E-state index is 10.6. The van der Waals surface area contributed by atoms with Crippen LogP contribution in [0.5, 0.6) is 0 Å². The summed E-state index contributed by atoms with van der Waals surface area (Å²) in [7, 11) is 0. The van der Waals surface area contributed by atoms with Crippen LogP contribution in [-0.2, 0) is 14.4 Å². The molecule has 102 valence electrons. The van der Waals surface area contributed by atoms with Gasteiger partial charge in [0.05, 0.1) is 6.42 Å². The fourth-order valence-corrected chi connectivity index (χ4v) is 2.06. The molecule has 0 heterocycles. The van der Waals surface area contributed by atoms with Gasteiger partial charge in [0.2, 0.25) is 6.41 Å². The number of allylic oxidation sites excluding steroid dienone is 1. The van der Waals surface area contributed by atoms with Gasteiger partial charge < -0.3 is 15.5 Å². The molecule has 1 amide bonds. The molecule has 0 aliphatic rings. The Balaban J connectivity index is 3.58. The molecule has 3 N–H and O–H groups in total. The van der Waals surface area contributed by atoms with Crippen molar-refractivity contribution >= 4 is 30.1 Å². The van der Waals surface area contributed by atoms with E-state index in [1.807, 2.05) is 0 Å². The summed E-state index contributed by atoms with van der Waals surface area (Å²) in [5.74, 6) is -0.502. The number of thioether (sulfide) groups is 1. The number of hydrogen-bond donors (Lipinski definition) is 3. The van der Waals surface area contributed by atoms with Gasteiger partial charge in [-0.3, -0.25) is 9.59 Å². The first-order valence-corrected chi connectivity index (χ1v) is 6.66. The van der Waals surface area contributed by atoms with Crippen LogP contribution in [-0.4, -0.2) is 40.1 Å². The molecule has 7 heteroatoms. The average Bonchev–Trinajstić information content (AvgIpc) is 2.30. The average molecular weight is 275 g/mol. The van der Waals surface area contributed by atoms with E-state index in [9.17, 15) is 14.4 Å². The second-order valence-electron chi connectivity index (χ2n) is 3.44. The fraction of sp³-hybridized carbons (Fsp3) is 0.545. The maximum atomic E-state index is 10.6. The highest BCUT2D eigenvalue weighted by Crippen LogP contribution is 2.08. The third-order valence-corrected chi connectivity index (χ3v) is 3.07. The maximum Gasteiger partial charge on any atom is 0.352 e. The number of carboxylic acids is 2. The van der Waals surface area contributed by atoms with Crippen LogP contribution >= 0.6 is 11.8 Å². The van der Waals surface area contributed by atoms with E-state index in [-0.39, 0.29) is 12.1 Å². The highest BCUT2D eigenvalue weighted by atomic mass is 32.2. The molecule has 0 fully saturated rings. The monoisotopic (exact) mass is 275 g/mol. The van der Waals surface area contributed by atoms with E-state index in [4.69, 9.17) is 10.2 Å². The Labute approximate surface area is 109 Å². The molecule has 0 atom stereocenters. The van der Waals surface area contributed by atoms with Crippen molar-refractivity contribution in [2.75, 3.05) is 11.5 Å². The minimum Gasteiger partial charge on any atom is -0.481 e. The summed E-state index contributed by atoms with van der Waals surface area (Å²) in [6, 6.07) is 0. The Morgan fingerprint density at radius 2 is 1.89 bits per heavy atom. The first-order valence-electron chi connectivity index (χ1n) is 5.51. The number of carboxylic acid groups (broad SMARTS) is 2. The molecule has 0 aromatic rings. The van der Waals surface area contributed by atoms with Crippen LogP contribution in [0.25, 0.3) is 0 Å². The first kappa shape index (κ1) is 16.5. The van der Waals surface area contributed by atoms with Gasteiger partial charge >= 0.3 is 11.9 Å². The zero-order chi connectivity index (χ0) is 13.8. The van der Waals surface area contributed by atoms with Gasteiger partial charge in [0.15, 0.2) is 0 Å². The molecule has 0 aromatic carbocycles. The molecule has 0 spiro atoms. The van der Waals surface area contributed by atoms with Crippen molar-refractivity contribution in [3.8, 4) is 0 Å². The van der Waals surface area contributed by atoms with Crippen molar-refractivity contribution in [1.82, 2.24) is 5.32 Å². The van der Waals surface area contributed by atoms with Gasteiger partial charge in [0.25, 0.3) is 0 Å². The van der Waals surface area contributed by atoms with Gasteiger partial charge in [-0.05, 0) is 25.0 Å². The highest BCUT2D eigenvalue weighted by molar-refractivity contribution is 7.99. The second kappa shape index (κ2) is 10.6. The second-order valence-corrected chi connectivity index (χ2v) is 4.66. The molecule has 6 nitrogen and oxygen atoms in total. The zero-order valence-corrected chi connectivity index (χ0v) is 10.7. The lowest BCUT2D eigenvalue weighted by atomic mass is 10.2. The van der Waals surface area contributed by atoms with Crippen molar-refractivity contribution in [2.24, 2.45) is 0 Å². The molecule has 0 saturated heterocycles. The minimum absolute atomic E-state index is 0.108. The SMILES string of the molecule is O=CN/C(=C\CCCCSCCC(=O)O)C(=O)O. The summed E-state index contributed by atoms with van der Waals surface area (Å²) in [6.07, 6.45) is 4.23. The van der Waals surface area contributed by atoms with Gasteiger partial charge in [0.1, 0.15) is 5.70 Å². The molecule has 0 aliphatic heterocycles. The predicted octanol–water partition coefficient (Wildman–Crippen LogP) is 1.08. The van der Waals surface area contributed by atoms with Crippen LogP contribution < -0.4 is 5.32 Å². The lowest BCUT2D eigenvalue weighted by Crippen LogP contribution is -2.18. The van der Waals surface area contributed by atoms with E-state index < -0.39 is 11.9 Å². The molecular formula is C11H17NO5S. The molecule has 18 heavy (non-hydrogen) atoms. The van der Waals surface area contributed by atoms with Crippen molar-refractivity contribution < 1.29 is 24.6 Å². The number of carbonyl (C=O) groups is 3. The van der Waals surface area contributed by atoms with Gasteiger partial charge in [-0.2, -0.15) is 11.8 Å². The van der Waals surface area contributed by atoms with Crippen molar-refractivity contribution in [3.63, 3.8) is 0 Å². The Hall–Kier alpha value is -1.50. The van der Waals surface area contributed by atoms with Crippen molar-refractivity contribution in [1.29, 1.82) is 0 Å². The van der Waals surface area contributed by atoms with Gasteiger partial charge in [-0.15, -0.1) is 0 Å². The smallest absolute Gasteiger partial charge is 0.352 e. The van der Waals surface area contributed by atoms with Crippen LogP contribution in [0, 0.1) is 0 Å². The summed E-state index contributed by atoms with van der Waals surface area (Å²) in [5.41, 5.74) is -0.108. The van der Waals surface area contributed by atoms with E-state index in [0.717, 1.165) is 18.6 Å². The Morgan fingerprint density at radius 1 is 1.17 bits per heavy atom. The number of amides is 1. The molecule has 0 aromatic heterocycles. The molecular weight excluding hydrogens is 258 g/mol. The van der Waals surface area contributed by atoms with E-state index in [1.54, 1.807) is 11.8 Å². The Kier molecular flexibility index (Phi) is 9.75. The van der Waals surface area contributed by atoms with Crippen LogP contribution in [0.4, 0.5) is 0 Å². The number of unbranched alkanes of at least 4 members (excludes halogenated alkanes) is 2. The molecule has 0 aliphatic carbocycles. The zero-order valence-electron chi connectivity index (χ0n) is 9.92. The summed E-state index contributed by atoms with van der Waals surface area (Å²) in [4.78, 5) is 30.9.